The highest BCUT2D eigenvalue weighted by molar-refractivity contribution is 7.93. The zero-order valence-corrected chi connectivity index (χ0v) is 21.1. The number of alkyl halides is 3. The first kappa shape index (κ1) is 26.8. The van der Waals surface area contributed by atoms with Crippen molar-refractivity contribution in [3.63, 3.8) is 0 Å². The molecule has 1 aromatic carbocycles. The fraction of sp³-hybridized carbons (Fsp3) is 0.550. The number of anilines is 2. The van der Waals surface area contributed by atoms with E-state index in [9.17, 15) is 26.4 Å². The Hall–Kier alpha value is -2.81. The van der Waals surface area contributed by atoms with E-state index in [1.54, 1.807) is 18.6 Å². The molecule has 0 spiro atoms. The third kappa shape index (κ3) is 6.66. The fourth-order valence-electron chi connectivity index (χ4n) is 3.39. The molecule has 0 atom stereocenters. The molecule has 1 aromatic heterocycles. The summed E-state index contributed by atoms with van der Waals surface area (Å²) in [6.45, 7) is 8.70. The molecule has 0 fully saturated rings. The molecule has 2 heterocycles. The van der Waals surface area contributed by atoms with E-state index in [1.165, 1.54) is 12.1 Å². The standard InChI is InChI=1S/C20H25F3N6O4S2/c1-11(2)10-29-7-5-6-13-8-14(15(9-16(13)29)28-35(31,32)20(21,22)23)24-26-19-27-25-17(34-19)18(30)33-12(3)4/h8-9,11-12,28H,5-7,10H2,1-4H3. The van der Waals surface area contributed by atoms with Gasteiger partial charge in [-0.25, -0.2) is 4.79 Å². The number of azo groups is 1. The number of halogens is 3. The van der Waals surface area contributed by atoms with Crippen molar-refractivity contribution in [2.45, 2.75) is 52.1 Å². The molecule has 2 aromatic rings. The van der Waals surface area contributed by atoms with Gasteiger partial charge in [-0.15, -0.1) is 20.4 Å². The molecule has 35 heavy (non-hydrogen) atoms. The van der Waals surface area contributed by atoms with Gasteiger partial charge in [-0.1, -0.05) is 25.2 Å². The predicted molar refractivity (Wildman–Crippen MR) is 125 cm³/mol. The van der Waals surface area contributed by atoms with E-state index in [4.69, 9.17) is 4.74 Å². The maximum atomic E-state index is 13.1. The quantitative estimate of drug-likeness (QED) is 0.365. The summed E-state index contributed by atoms with van der Waals surface area (Å²) in [6, 6.07) is 2.86. The number of carbonyl (C=O) groups excluding carboxylic acids is 1. The minimum Gasteiger partial charge on any atom is -0.458 e. The molecule has 1 aliphatic rings. The van der Waals surface area contributed by atoms with Gasteiger partial charge in [0.15, 0.2) is 0 Å². The van der Waals surface area contributed by atoms with Crippen molar-refractivity contribution in [3.8, 4) is 0 Å². The van der Waals surface area contributed by atoms with Crippen molar-refractivity contribution in [1.82, 2.24) is 10.2 Å². The molecule has 0 unspecified atom stereocenters. The van der Waals surface area contributed by atoms with Gasteiger partial charge in [-0.2, -0.15) is 21.6 Å². The maximum absolute atomic E-state index is 13.1. The first-order valence-corrected chi connectivity index (χ1v) is 13.0. The van der Waals surface area contributed by atoms with Crippen molar-refractivity contribution in [2.75, 3.05) is 22.7 Å². The van der Waals surface area contributed by atoms with Crippen molar-refractivity contribution < 1.29 is 31.1 Å². The summed E-state index contributed by atoms with van der Waals surface area (Å²) in [5.41, 5.74) is -4.56. The lowest BCUT2D eigenvalue weighted by atomic mass is 9.99. The zero-order chi connectivity index (χ0) is 26.0. The van der Waals surface area contributed by atoms with Gasteiger partial charge >= 0.3 is 21.5 Å². The lowest BCUT2D eigenvalue weighted by Crippen LogP contribution is -2.33. The molecule has 10 nitrogen and oxygen atoms in total. The number of carbonyl (C=O) groups is 1. The molecule has 15 heteroatoms. The second kappa shape index (κ2) is 10.4. The number of hydrogen-bond acceptors (Lipinski definition) is 10. The molecule has 0 saturated heterocycles. The Morgan fingerprint density at radius 3 is 2.57 bits per heavy atom. The lowest BCUT2D eigenvalue weighted by Gasteiger charge is -2.33. The molecular weight excluding hydrogens is 509 g/mol. The molecule has 0 radical (unpaired) electrons. The molecule has 0 saturated carbocycles. The van der Waals surface area contributed by atoms with E-state index in [0.29, 0.717) is 25.2 Å². The van der Waals surface area contributed by atoms with Gasteiger partial charge in [0.25, 0.3) is 5.13 Å². The Bertz CT molecular complexity index is 1210. The van der Waals surface area contributed by atoms with E-state index in [-0.39, 0.29) is 33.5 Å². The van der Waals surface area contributed by atoms with Crippen molar-refractivity contribution >= 4 is 49.5 Å². The molecule has 1 N–H and O–H groups in total. The normalized spacial score (nSPS) is 14.6. The number of nitrogens with zero attached hydrogens (tertiary/aromatic N) is 5. The van der Waals surface area contributed by atoms with Gasteiger partial charge in [0.1, 0.15) is 5.69 Å². The maximum Gasteiger partial charge on any atom is 0.516 e. The van der Waals surface area contributed by atoms with Crippen LogP contribution in [0.1, 0.15) is 49.5 Å². The number of sulfonamides is 1. The molecule has 192 valence electrons. The first-order chi connectivity index (χ1) is 16.3. The molecule has 3 rings (SSSR count). The third-order valence-corrected chi connectivity index (χ3v) is 6.61. The van der Waals surface area contributed by atoms with Crippen LogP contribution in [-0.4, -0.2) is 49.3 Å². The number of aryl methyl sites for hydroxylation is 1. The number of rotatable bonds is 8. The van der Waals surface area contributed by atoms with E-state index < -0.39 is 21.5 Å². The van der Waals surface area contributed by atoms with Gasteiger partial charge in [-0.3, -0.25) is 4.72 Å². The van der Waals surface area contributed by atoms with Crippen LogP contribution in [0.2, 0.25) is 0 Å². The average Bonchev–Trinajstić information content (AvgIpc) is 3.20. The number of aromatic nitrogens is 2. The molecule has 0 aliphatic carbocycles. The van der Waals surface area contributed by atoms with Crippen LogP contribution in [0.3, 0.4) is 0 Å². The van der Waals surface area contributed by atoms with Crippen LogP contribution in [0.25, 0.3) is 0 Å². The van der Waals surface area contributed by atoms with Crippen molar-refractivity contribution in [3.05, 3.63) is 22.7 Å². The fourth-order valence-corrected chi connectivity index (χ4v) is 4.51. The zero-order valence-electron chi connectivity index (χ0n) is 19.5. The Balaban J connectivity index is 2.00. The van der Waals surface area contributed by atoms with Gasteiger partial charge in [-0.05, 0) is 50.3 Å². The van der Waals surface area contributed by atoms with Crippen molar-refractivity contribution in [1.29, 1.82) is 0 Å². The highest BCUT2D eigenvalue weighted by atomic mass is 32.2. The van der Waals surface area contributed by atoms with Crippen LogP contribution in [0.5, 0.6) is 0 Å². The SMILES string of the molecule is CC(C)CN1CCCc2cc(N=Nc3nnc(C(=O)OC(C)C)s3)c(NS(=O)(=O)C(F)(F)F)cc21. The summed E-state index contributed by atoms with van der Waals surface area (Å²) in [7, 11) is -5.70. The Morgan fingerprint density at radius 1 is 1.23 bits per heavy atom. The Labute approximate surface area is 204 Å². The molecular formula is C20H25F3N6O4S2. The highest BCUT2D eigenvalue weighted by Gasteiger charge is 2.46. The summed E-state index contributed by atoms with van der Waals surface area (Å²) < 4.78 is 69.6. The highest BCUT2D eigenvalue weighted by Crippen LogP contribution is 2.40. The minimum absolute atomic E-state index is 0.0514. The van der Waals surface area contributed by atoms with E-state index in [1.807, 2.05) is 18.7 Å². The summed E-state index contributed by atoms with van der Waals surface area (Å²) in [5.74, 6) is -0.416. The van der Waals surface area contributed by atoms with Gasteiger partial charge in [0, 0.05) is 18.8 Å². The van der Waals surface area contributed by atoms with Crippen LogP contribution >= 0.6 is 11.3 Å². The largest absolute Gasteiger partial charge is 0.516 e. The summed E-state index contributed by atoms with van der Waals surface area (Å²) in [5, 5.41) is 15.1. The lowest BCUT2D eigenvalue weighted by molar-refractivity contribution is -0.0429. The van der Waals surface area contributed by atoms with Crippen LogP contribution in [0.15, 0.2) is 22.4 Å². The van der Waals surface area contributed by atoms with E-state index in [2.05, 4.69) is 20.4 Å². The average molecular weight is 535 g/mol. The topological polar surface area (TPSA) is 126 Å². The molecule has 0 amide bonds. The first-order valence-electron chi connectivity index (χ1n) is 10.7. The van der Waals surface area contributed by atoms with Crippen molar-refractivity contribution in [2.24, 2.45) is 16.1 Å². The number of ether oxygens (including phenoxy) is 1. The number of nitrogens with one attached hydrogen (secondary N) is 1. The smallest absolute Gasteiger partial charge is 0.458 e. The van der Waals surface area contributed by atoms with Gasteiger partial charge < -0.3 is 9.64 Å². The Morgan fingerprint density at radius 2 is 1.94 bits per heavy atom. The number of fused-ring (bicyclic) bond motifs is 1. The third-order valence-electron chi connectivity index (χ3n) is 4.72. The Kier molecular flexibility index (Phi) is 7.99. The van der Waals surface area contributed by atoms with E-state index >= 15 is 0 Å². The number of benzene rings is 1. The second-order valence-electron chi connectivity index (χ2n) is 8.54. The molecule has 1 aliphatic heterocycles. The number of hydrogen-bond donors (Lipinski definition) is 1. The number of esters is 1. The molecule has 0 bridgehead atoms. The summed E-state index contributed by atoms with van der Waals surface area (Å²) in [4.78, 5) is 13.9. The van der Waals surface area contributed by atoms with E-state index in [0.717, 1.165) is 23.3 Å². The summed E-state index contributed by atoms with van der Waals surface area (Å²) >= 11 is 0.777. The minimum atomic E-state index is -5.70. The summed E-state index contributed by atoms with van der Waals surface area (Å²) in [6.07, 6.45) is 1.09. The predicted octanol–water partition coefficient (Wildman–Crippen LogP) is 5.19. The van der Waals surface area contributed by atoms with Crippen LogP contribution in [0.4, 0.5) is 35.4 Å². The van der Waals surface area contributed by atoms with Crippen LogP contribution in [-0.2, 0) is 21.2 Å². The van der Waals surface area contributed by atoms with Crippen LogP contribution in [0, 0.1) is 5.92 Å². The van der Waals surface area contributed by atoms with Crippen LogP contribution < -0.4 is 9.62 Å². The monoisotopic (exact) mass is 534 g/mol. The van der Waals surface area contributed by atoms with Gasteiger partial charge in [0.05, 0.1) is 11.8 Å². The second-order valence-corrected chi connectivity index (χ2v) is 11.2. The van der Waals surface area contributed by atoms with Gasteiger partial charge in [0.2, 0.25) is 5.01 Å².